The highest BCUT2D eigenvalue weighted by Crippen LogP contribution is 2.76. The first-order valence-electron chi connectivity index (χ1n) is 38.6. The zero-order valence-electron chi connectivity index (χ0n) is 63.5. The molecule has 0 spiro atoms. The van der Waals surface area contributed by atoms with Gasteiger partial charge in [-0.2, -0.15) is 0 Å². The summed E-state index contributed by atoms with van der Waals surface area (Å²) in [6.45, 7) is 13.3. The molecule has 642 valence electrons. The normalized spacial score (nSPS) is 52.1. The number of aliphatic hydroxyl groups excluding tert-OH is 16. The molecule has 12 rings (SSSR count). The van der Waals surface area contributed by atoms with Crippen molar-refractivity contribution in [2.24, 2.45) is 50.2 Å². The third-order valence-electron chi connectivity index (χ3n) is 27.6. The summed E-state index contributed by atoms with van der Waals surface area (Å²) in [5.74, 6) is -4.26. The summed E-state index contributed by atoms with van der Waals surface area (Å²) < 4.78 is 89.5. The number of aliphatic carboxylic acids is 1. The monoisotopic (exact) mass is 1610 g/mol. The second-order valence-corrected chi connectivity index (χ2v) is 34.4. The second-order valence-electron chi connectivity index (χ2n) is 34.4. The lowest BCUT2D eigenvalue weighted by molar-refractivity contribution is -0.391. The smallest absolute Gasteiger partial charge is 0.407 e. The standard InChI is InChI=1S/C73H115NO37.CH4/c1-10-72(96)27-100-64(56(72)91)106-51-32(79)25-99-59(49(51)90)105-50-28(3)101-60(47(88)44(50)85)109-54-42(83)39(74-66(95)97-11-2)33(22-75)102-62(54)111-65(94)73-19-18-67(4,5)20-30(73)29-12-13-36-68(6)16-15-38(69(7,26-77)35(68)14-17-70(36,8)71(29,9)21-37(73)80)104-63-55(110-61-46(87)43(84)41(82)34(23-76)103-61)52(48(89)53(108-63)57(92)93)107-58-45(86)40(81)31(78)24-98-58;/h12,26,28,30-56,58-64,75-76,78-91,96H,10-11,13-25,27H2,1-9H3,(H,74,95)(H,92,93);1H4/t28?,30?,31-,32-,33-,34?,35-,36?,37?,38+,39+,40+,41+,42?,43+,44?,45?,46?,47?,48+,49?,50+,51?,52+,53?,54?,55?,56?,58+,59+,60+,61+,62+,63-,64+,68?,69-,70+,71-,72+,73-;/m1./s1. The van der Waals surface area contributed by atoms with Crippen LogP contribution in [-0.4, -0.2) is 358 Å². The summed E-state index contributed by atoms with van der Waals surface area (Å²) in [6, 6.07) is -1.57. The van der Waals surface area contributed by atoms with Gasteiger partial charge < -0.3 is 173 Å². The lowest BCUT2D eigenvalue weighted by Gasteiger charge is -2.71. The number of esters is 1. The number of rotatable bonds is 21. The van der Waals surface area contributed by atoms with Crippen LogP contribution in [0.5, 0.6) is 0 Å². The van der Waals surface area contributed by atoms with Gasteiger partial charge in [0.2, 0.25) is 6.29 Å². The number of carbonyl (C=O) groups is 4. The van der Waals surface area contributed by atoms with Crippen LogP contribution in [0.15, 0.2) is 11.6 Å². The molecule has 17 unspecified atom stereocenters. The van der Waals surface area contributed by atoms with Gasteiger partial charge in [-0.1, -0.05) is 67.5 Å². The third kappa shape index (κ3) is 15.5. The lowest BCUT2D eigenvalue weighted by Crippen LogP contribution is -2.70. The molecule has 0 radical (unpaired) electrons. The fraction of sp³-hybridized carbons (Fsp3) is 0.919. The number of ether oxygens (including phenoxy) is 15. The predicted octanol–water partition coefficient (Wildman–Crippen LogP) is -4.57. The maximum atomic E-state index is 16.0. The van der Waals surface area contributed by atoms with E-state index in [-0.39, 0.29) is 52.2 Å². The van der Waals surface area contributed by atoms with Gasteiger partial charge in [0, 0.05) is 0 Å². The van der Waals surface area contributed by atoms with E-state index in [1.165, 1.54) is 13.8 Å². The Bertz CT molecular complexity index is 3290. The molecule has 0 bridgehead atoms. The molecule has 19 N–H and O–H groups in total. The number of carboxylic acid groups (broad SMARTS) is 1. The number of carboxylic acids is 1. The minimum atomic E-state index is -2.24. The van der Waals surface area contributed by atoms with Crippen LogP contribution in [0.4, 0.5) is 4.79 Å². The molecule has 0 aromatic heterocycles. The highest BCUT2D eigenvalue weighted by Gasteiger charge is 2.73. The minimum absolute atomic E-state index is 0. The summed E-state index contributed by atoms with van der Waals surface area (Å²) >= 11 is 0. The fourth-order valence-electron chi connectivity index (χ4n) is 20.7. The first kappa shape index (κ1) is 89.2. The van der Waals surface area contributed by atoms with E-state index in [1.54, 1.807) is 13.8 Å². The quantitative estimate of drug-likeness (QED) is 0.0223. The second kappa shape index (κ2) is 33.9. The maximum Gasteiger partial charge on any atom is 0.407 e. The van der Waals surface area contributed by atoms with Crippen LogP contribution in [0.25, 0.3) is 0 Å². The van der Waals surface area contributed by atoms with Crippen LogP contribution in [0.2, 0.25) is 0 Å². The SMILES string of the molecule is C.CCOC(=O)N[C@@H]1C(O)C(O[C@@H]2OC(C)[C@H](O[C@@H]3OC[C@@H](O)C(O[C@@H]4OC[C@@](O)(CC)C4O)C3O)C(O)C2O)[C@H](OC(=O)[C@]23CCC(C)(C)CC2C2=CCC4C5(C)CC[C@H](O[C@@H]6OC(C(=O)O)[C@@H](O)[C@H](O[C@@H]7OC[C@@H](O)[C@H](O)C7O)C6O[C@@H]6OC(CO)[C@H](O)[C@H](O)C6O)[C@](C)(C=O)[C@@H]5CC[C@]4(C)[C@]2(C)CC3O)O[C@@H]1CO. The number of hydrogen-bond acceptors (Lipinski definition) is 36. The van der Waals surface area contributed by atoms with E-state index in [4.69, 9.17) is 71.1 Å². The number of allylic oxidation sites excluding steroid dienone is 2. The Kier molecular flexibility index (Phi) is 27.0. The van der Waals surface area contributed by atoms with E-state index in [0.29, 0.717) is 38.5 Å². The topological polar surface area (TPSA) is 583 Å². The third-order valence-corrected chi connectivity index (χ3v) is 27.6. The van der Waals surface area contributed by atoms with Crippen molar-refractivity contribution in [3.63, 3.8) is 0 Å². The highest BCUT2D eigenvalue weighted by molar-refractivity contribution is 5.80. The van der Waals surface area contributed by atoms with Crippen molar-refractivity contribution in [1.29, 1.82) is 0 Å². The molecule has 0 aromatic carbocycles. The van der Waals surface area contributed by atoms with Crippen molar-refractivity contribution < 1.29 is 182 Å². The Morgan fingerprint density at radius 1 is 0.580 bits per heavy atom. The van der Waals surface area contributed by atoms with Gasteiger partial charge >= 0.3 is 18.0 Å². The number of aldehydes is 1. The van der Waals surface area contributed by atoms with Crippen molar-refractivity contribution in [2.75, 3.05) is 39.6 Å². The first-order chi connectivity index (χ1) is 52.2. The van der Waals surface area contributed by atoms with E-state index in [9.17, 15) is 106 Å². The molecule has 5 aliphatic carbocycles. The lowest BCUT2D eigenvalue weighted by atomic mass is 9.33. The van der Waals surface area contributed by atoms with E-state index < -0.39 is 291 Å². The molecule has 12 aliphatic rings. The summed E-state index contributed by atoms with van der Waals surface area (Å²) in [7, 11) is 0. The number of nitrogens with one attached hydrogen (secondary N) is 1. The molecule has 4 saturated carbocycles. The van der Waals surface area contributed by atoms with Crippen LogP contribution in [0.1, 0.15) is 134 Å². The first-order valence-corrected chi connectivity index (χ1v) is 38.6. The van der Waals surface area contributed by atoms with Crippen LogP contribution < -0.4 is 5.32 Å². The van der Waals surface area contributed by atoms with Gasteiger partial charge in [-0.05, 0) is 117 Å². The Morgan fingerprint density at radius 2 is 1.19 bits per heavy atom. The average molecular weight is 1610 g/mol. The highest BCUT2D eigenvalue weighted by atomic mass is 16.8. The summed E-state index contributed by atoms with van der Waals surface area (Å²) in [4.78, 5) is 56.5. The predicted molar refractivity (Wildman–Crippen MR) is 372 cm³/mol. The number of aliphatic hydroxyl groups is 17. The molecule has 41 atom stereocenters. The van der Waals surface area contributed by atoms with Crippen LogP contribution in [0, 0.1) is 50.2 Å². The minimum Gasteiger partial charge on any atom is -0.479 e. The molecule has 0 aromatic rings. The van der Waals surface area contributed by atoms with Crippen molar-refractivity contribution >= 4 is 24.3 Å². The molecule has 7 heterocycles. The fourth-order valence-corrected chi connectivity index (χ4v) is 20.7. The maximum absolute atomic E-state index is 16.0. The van der Waals surface area contributed by atoms with Gasteiger partial charge in [-0.15, -0.1) is 0 Å². The van der Waals surface area contributed by atoms with Gasteiger partial charge in [0.1, 0.15) is 133 Å². The number of amides is 1. The Morgan fingerprint density at radius 3 is 1.83 bits per heavy atom. The molecule has 38 heteroatoms. The van der Waals surface area contributed by atoms with Gasteiger partial charge in [0.15, 0.2) is 49.9 Å². The Hall–Kier alpha value is -3.58. The molecular weight excluding hydrogens is 1490 g/mol. The summed E-state index contributed by atoms with van der Waals surface area (Å²) in [5.41, 5.74) is -6.82. The van der Waals surface area contributed by atoms with Crippen molar-refractivity contribution in [3.8, 4) is 0 Å². The average Bonchev–Trinajstić information content (AvgIpc) is 0.780. The molecule has 38 nitrogen and oxygen atoms in total. The van der Waals surface area contributed by atoms with Crippen molar-refractivity contribution in [2.45, 2.75) is 336 Å². The van der Waals surface area contributed by atoms with E-state index >= 15 is 4.79 Å². The van der Waals surface area contributed by atoms with E-state index in [2.05, 4.69) is 32.2 Å². The molecule has 1 amide bonds. The molecule has 11 fully saturated rings. The molecule has 7 saturated heterocycles. The zero-order chi connectivity index (χ0) is 81.1. The zero-order valence-corrected chi connectivity index (χ0v) is 63.5. The van der Waals surface area contributed by atoms with Crippen LogP contribution in [-0.2, 0) is 85.4 Å². The van der Waals surface area contributed by atoms with Gasteiger partial charge in [-0.3, -0.25) is 4.79 Å². The summed E-state index contributed by atoms with van der Waals surface area (Å²) in [6.07, 6.45) is -51.6. The van der Waals surface area contributed by atoms with Crippen LogP contribution in [0.3, 0.4) is 0 Å². The number of carbonyl (C=O) groups excluding carboxylic acids is 3. The Balaban J connectivity index is 0.0000124. The van der Waals surface area contributed by atoms with Crippen molar-refractivity contribution in [1.82, 2.24) is 5.32 Å². The van der Waals surface area contributed by atoms with Crippen LogP contribution >= 0.6 is 0 Å². The van der Waals surface area contributed by atoms with Gasteiger partial charge in [-0.25, -0.2) is 9.59 Å². The Labute approximate surface area is 647 Å². The molecule has 112 heavy (non-hydrogen) atoms. The number of alkyl carbamates (subject to hydrolysis) is 1. The van der Waals surface area contributed by atoms with E-state index in [1.807, 2.05) is 13.8 Å². The largest absolute Gasteiger partial charge is 0.479 e. The van der Waals surface area contributed by atoms with Crippen molar-refractivity contribution in [3.05, 3.63) is 11.6 Å². The number of hydrogen-bond donors (Lipinski definition) is 19. The van der Waals surface area contributed by atoms with Gasteiger partial charge in [0.25, 0.3) is 0 Å². The van der Waals surface area contributed by atoms with E-state index in [0.717, 1.165) is 11.9 Å². The molecular formula is C74H119NO37. The number of fused-ring (bicyclic) bond motifs is 7. The summed E-state index contributed by atoms with van der Waals surface area (Å²) in [5, 5.41) is 204. The molecule has 7 aliphatic heterocycles. The van der Waals surface area contributed by atoms with Gasteiger partial charge in [0.05, 0.1) is 69.4 Å².